The second kappa shape index (κ2) is 7.41. The molecule has 2 rings (SSSR count). The molecule has 0 saturated heterocycles. The predicted molar refractivity (Wildman–Crippen MR) is 81.3 cm³/mol. The van der Waals surface area contributed by atoms with Gasteiger partial charge in [-0.15, -0.1) is 0 Å². The predicted octanol–water partition coefficient (Wildman–Crippen LogP) is 3.69. The third kappa shape index (κ3) is 4.30. The monoisotopic (exact) mass is 316 g/mol. The maximum absolute atomic E-state index is 13.9. The van der Waals surface area contributed by atoms with E-state index in [4.69, 9.17) is 4.74 Å². The van der Waals surface area contributed by atoms with Crippen LogP contribution in [-0.4, -0.2) is 12.6 Å². The zero-order valence-corrected chi connectivity index (χ0v) is 12.7. The highest BCUT2D eigenvalue weighted by molar-refractivity contribution is 5.69. The van der Waals surface area contributed by atoms with Crippen molar-refractivity contribution < 1.29 is 23.0 Å². The summed E-state index contributed by atoms with van der Waals surface area (Å²) in [5, 5.41) is 0. The summed E-state index contributed by atoms with van der Waals surface area (Å²) in [6.45, 7) is 3.55. The van der Waals surface area contributed by atoms with E-state index >= 15 is 0 Å². The van der Waals surface area contributed by atoms with Crippen LogP contribution in [0.5, 0.6) is 11.5 Å². The molecule has 3 nitrogen and oxygen atoms in total. The van der Waals surface area contributed by atoms with Gasteiger partial charge in [0.1, 0.15) is 5.75 Å². The van der Waals surface area contributed by atoms with E-state index in [1.54, 1.807) is 24.3 Å². The van der Waals surface area contributed by atoms with Crippen molar-refractivity contribution in [2.45, 2.75) is 13.8 Å². The Hall–Kier alpha value is -2.87. The molecule has 118 valence electrons. The summed E-state index contributed by atoms with van der Waals surface area (Å²) in [5.41, 5.74) is 0.518. The van der Waals surface area contributed by atoms with Gasteiger partial charge in [-0.05, 0) is 43.3 Å². The summed E-state index contributed by atoms with van der Waals surface area (Å²) < 4.78 is 37.5. The molecule has 23 heavy (non-hydrogen) atoms. The van der Waals surface area contributed by atoms with E-state index in [0.717, 1.165) is 6.92 Å². The molecule has 5 heteroatoms. The van der Waals surface area contributed by atoms with E-state index in [0.29, 0.717) is 17.9 Å². The number of carbonyl (C=O) groups excluding carboxylic acids is 1. The first kappa shape index (κ1) is 16.5. The van der Waals surface area contributed by atoms with E-state index < -0.39 is 23.4 Å². The summed E-state index contributed by atoms with van der Waals surface area (Å²) in [5.74, 6) is 2.43. The van der Waals surface area contributed by atoms with Crippen molar-refractivity contribution in [2.75, 3.05) is 6.61 Å². The number of benzene rings is 2. The van der Waals surface area contributed by atoms with Crippen molar-refractivity contribution in [2.24, 2.45) is 0 Å². The first-order valence-electron chi connectivity index (χ1n) is 6.92. The SMILES string of the molecule is CCOc1ccc(C#Cc2ccc(OC(C)=O)c(F)c2F)cc1. The van der Waals surface area contributed by atoms with Crippen LogP contribution in [0.3, 0.4) is 0 Å². The molecule has 0 heterocycles. The lowest BCUT2D eigenvalue weighted by atomic mass is 10.1. The fourth-order valence-corrected chi connectivity index (χ4v) is 1.80. The number of hydrogen-bond acceptors (Lipinski definition) is 3. The van der Waals surface area contributed by atoms with Crippen molar-refractivity contribution in [3.8, 4) is 23.3 Å². The second-order valence-electron chi connectivity index (χ2n) is 4.54. The number of carbonyl (C=O) groups is 1. The zero-order chi connectivity index (χ0) is 16.8. The molecule has 0 amide bonds. The number of ether oxygens (including phenoxy) is 2. The van der Waals surface area contributed by atoms with Gasteiger partial charge in [0.2, 0.25) is 5.82 Å². The number of halogens is 2. The van der Waals surface area contributed by atoms with Gasteiger partial charge in [-0.25, -0.2) is 4.39 Å². The van der Waals surface area contributed by atoms with Crippen molar-refractivity contribution in [3.05, 3.63) is 59.2 Å². The molecule has 2 aromatic carbocycles. The van der Waals surface area contributed by atoms with Crippen LogP contribution >= 0.6 is 0 Å². The Kier molecular flexibility index (Phi) is 5.32. The van der Waals surface area contributed by atoms with Crippen LogP contribution in [0.1, 0.15) is 25.0 Å². The Morgan fingerprint density at radius 3 is 2.35 bits per heavy atom. The molecule has 0 spiro atoms. The third-order valence-corrected chi connectivity index (χ3v) is 2.81. The Balaban J connectivity index is 2.24. The molecule has 0 bridgehead atoms. The van der Waals surface area contributed by atoms with Crippen LogP contribution in [-0.2, 0) is 4.79 Å². The largest absolute Gasteiger partial charge is 0.494 e. The van der Waals surface area contributed by atoms with Gasteiger partial charge in [0.25, 0.3) is 0 Å². The van der Waals surface area contributed by atoms with E-state index in [9.17, 15) is 13.6 Å². The van der Waals surface area contributed by atoms with Crippen LogP contribution in [0.2, 0.25) is 0 Å². The first-order chi connectivity index (χ1) is 11.0. The average Bonchev–Trinajstić information content (AvgIpc) is 2.52. The minimum Gasteiger partial charge on any atom is -0.494 e. The van der Waals surface area contributed by atoms with Crippen molar-refractivity contribution >= 4 is 5.97 Å². The van der Waals surface area contributed by atoms with Gasteiger partial charge in [-0.2, -0.15) is 4.39 Å². The van der Waals surface area contributed by atoms with Crippen LogP contribution in [0.15, 0.2) is 36.4 Å². The lowest BCUT2D eigenvalue weighted by molar-refractivity contribution is -0.132. The number of rotatable bonds is 3. The molecule has 2 aromatic rings. The van der Waals surface area contributed by atoms with E-state index in [-0.39, 0.29) is 5.56 Å². The molecule has 0 aliphatic rings. The van der Waals surface area contributed by atoms with Crippen LogP contribution in [0.4, 0.5) is 8.78 Å². The Labute approximate surface area is 132 Å². The van der Waals surface area contributed by atoms with Gasteiger partial charge in [0.15, 0.2) is 11.6 Å². The highest BCUT2D eigenvalue weighted by Gasteiger charge is 2.14. The molecule has 0 aliphatic heterocycles. The summed E-state index contributed by atoms with van der Waals surface area (Å²) in [6, 6.07) is 9.36. The van der Waals surface area contributed by atoms with Crippen molar-refractivity contribution in [1.82, 2.24) is 0 Å². The maximum Gasteiger partial charge on any atom is 0.308 e. The summed E-state index contributed by atoms with van der Waals surface area (Å²) in [6.07, 6.45) is 0. The second-order valence-corrected chi connectivity index (χ2v) is 4.54. The Morgan fingerprint density at radius 2 is 1.74 bits per heavy atom. The topological polar surface area (TPSA) is 35.5 Å². The Morgan fingerprint density at radius 1 is 1.04 bits per heavy atom. The van der Waals surface area contributed by atoms with Crippen molar-refractivity contribution in [3.63, 3.8) is 0 Å². The summed E-state index contributed by atoms with van der Waals surface area (Å²) in [7, 11) is 0. The molecule has 0 radical (unpaired) electrons. The van der Waals surface area contributed by atoms with Crippen LogP contribution < -0.4 is 9.47 Å². The molecule has 0 unspecified atom stereocenters. The quantitative estimate of drug-likeness (QED) is 0.492. The molecule has 0 saturated carbocycles. The lowest BCUT2D eigenvalue weighted by Crippen LogP contribution is -2.05. The molecule has 0 atom stereocenters. The smallest absolute Gasteiger partial charge is 0.308 e. The van der Waals surface area contributed by atoms with Gasteiger partial charge in [-0.1, -0.05) is 11.8 Å². The number of esters is 1. The molecular weight excluding hydrogens is 302 g/mol. The molecule has 0 aliphatic carbocycles. The van der Waals surface area contributed by atoms with E-state index in [1.165, 1.54) is 12.1 Å². The summed E-state index contributed by atoms with van der Waals surface area (Å²) >= 11 is 0. The third-order valence-electron chi connectivity index (χ3n) is 2.81. The molecule has 0 N–H and O–H groups in total. The van der Waals surface area contributed by atoms with Crippen molar-refractivity contribution in [1.29, 1.82) is 0 Å². The zero-order valence-electron chi connectivity index (χ0n) is 12.7. The average molecular weight is 316 g/mol. The van der Waals surface area contributed by atoms with Gasteiger partial charge in [-0.3, -0.25) is 4.79 Å². The van der Waals surface area contributed by atoms with Gasteiger partial charge in [0, 0.05) is 12.5 Å². The fourth-order valence-electron chi connectivity index (χ4n) is 1.80. The highest BCUT2D eigenvalue weighted by atomic mass is 19.2. The number of hydrogen-bond donors (Lipinski definition) is 0. The lowest BCUT2D eigenvalue weighted by Gasteiger charge is -2.04. The fraction of sp³-hybridized carbons (Fsp3) is 0.167. The van der Waals surface area contributed by atoms with E-state index in [2.05, 4.69) is 16.6 Å². The Bertz CT molecular complexity index is 771. The maximum atomic E-state index is 13.9. The van der Waals surface area contributed by atoms with Crippen LogP contribution in [0, 0.1) is 23.5 Å². The molecular formula is C18H14F2O3. The van der Waals surface area contributed by atoms with E-state index in [1.807, 2.05) is 6.92 Å². The van der Waals surface area contributed by atoms with Gasteiger partial charge >= 0.3 is 5.97 Å². The standard InChI is InChI=1S/C18H14F2O3/c1-3-22-15-9-5-13(6-10-15)4-7-14-8-11-16(23-12(2)21)18(20)17(14)19/h5-6,8-11H,3H2,1-2H3. The minimum absolute atomic E-state index is 0.118. The van der Waals surface area contributed by atoms with Crippen LogP contribution in [0.25, 0.3) is 0 Å². The van der Waals surface area contributed by atoms with Gasteiger partial charge in [0.05, 0.1) is 12.2 Å². The van der Waals surface area contributed by atoms with Gasteiger partial charge < -0.3 is 9.47 Å². The minimum atomic E-state index is -1.24. The normalized spacial score (nSPS) is 9.74. The highest BCUT2D eigenvalue weighted by Crippen LogP contribution is 2.22. The molecule has 0 aromatic heterocycles. The first-order valence-corrected chi connectivity index (χ1v) is 6.92. The molecule has 0 fully saturated rings. The summed E-state index contributed by atoms with van der Waals surface area (Å²) in [4.78, 5) is 10.8.